The van der Waals surface area contributed by atoms with Crippen LogP contribution in [0.15, 0.2) is 0 Å². The molecule has 2 amide bonds. The quantitative estimate of drug-likeness (QED) is 0.751. The lowest BCUT2D eigenvalue weighted by atomic mass is 9.96. The van der Waals surface area contributed by atoms with Gasteiger partial charge in [-0.3, -0.25) is 9.59 Å². The number of likely N-dealkylation sites (N-methyl/N-ethyl adjacent to an activating group) is 1. The zero-order valence-corrected chi connectivity index (χ0v) is 11.6. The minimum atomic E-state index is -0.621. The Morgan fingerprint density at radius 2 is 1.65 bits per heavy atom. The Hall–Kier alpha value is -1.10. The standard InChI is InChI=1S/C12H24N2O3/c1-11(2,3)10(17)13-7-9(16)14(6)12(4,5)8-15/h15H,7-8H2,1-6H3,(H,13,17). The van der Waals surface area contributed by atoms with Crippen LogP contribution in [0.5, 0.6) is 0 Å². The summed E-state index contributed by atoms with van der Waals surface area (Å²) in [4.78, 5) is 24.8. The average Bonchev–Trinajstić information content (AvgIpc) is 2.22. The first-order valence-electron chi connectivity index (χ1n) is 5.68. The summed E-state index contributed by atoms with van der Waals surface area (Å²) in [6, 6.07) is 0. The Labute approximate surface area is 103 Å². The first-order chi connectivity index (χ1) is 7.52. The van der Waals surface area contributed by atoms with E-state index >= 15 is 0 Å². The summed E-state index contributed by atoms with van der Waals surface area (Å²) in [6.07, 6.45) is 0. The van der Waals surface area contributed by atoms with Crippen LogP contribution in [0.2, 0.25) is 0 Å². The number of nitrogens with zero attached hydrogens (tertiary/aromatic N) is 1. The summed E-state index contributed by atoms with van der Waals surface area (Å²) in [5.74, 6) is -0.386. The van der Waals surface area contributed by atoms with Crippen LogP contribution < -0.4 is 5.32 Å². The number of amides is 2. The van der Waals surface area contributed by atoms with Gasteiger partial charge in [0.15, 0.2) is 0 Å². The molecular formula is C12H24N2O3. The van der Waals surface area contributed by atoms with E-state index in [0.29, 0.717) is 0 Å². The number of hydrogen-bond donors (Lipinski definition) is 2. The highest BCUT2D eigenvalue weighted by molar-refractivity contribution is 5.87. The molecule has 0 unspecified atom stereocenters. The third-order valence-electron chi connectivity index (χ3n) is 2.75. The first kappa shape index (κ1) is 15.9. The Bertz CT molecular complexity index is 293. The summed E-state index contributed by atoms with van der Waals surface area (Å²) >= 11 is 0. The molecule has 0 saturated carbocycles. The maximum Gasteiger partial charge on any atom is 0.242 e. The van der Waals surface area contributed by atoms with E-state index in [9.17, 15) is 9.59 Å². The van der Waals surface area contributed by atoms with Crippen LogP contribution in [0.4, 0.5) is 0 Å². The topological polar surface area (TPSA) is 69.6 Å². The zero-order chi connectivity index (χ0) is 13.9. The lowest BCUT2D eigenvalue weighted by Crippen LogP contribution is -2.51. The molecule has 5 nitrogen and oxygen atoms in total. The largest absolute Gasteiger partial charge is 0.394 e. The summed E-state index contributed by atoms with van der Waals surface area (Å²) in [6.45, 7) is 8.71. The van der Waals surface area contributed by atoms with Crippen molar-refractivity contribution >= 4 is 11.8 Å². The molecule has 0 aliphatic carbocycles. The maximum absolute atomic E-state index is 11.8. The molecule has 0 aliphatic heterocycles. The van der Waals surface area contributed by atoms with Gasteiger partial charge in [0.1, 0.15) is 0 Å². The van der Waals surface area contributed by atoms with Gasteiger partial charge < -0.3 is 15.3 Å². The molecule has 0 rings (SSSR count). The summed E-state index contributed by atoms with van der Waals surface area (Å²) in [5.41, 5.74) is -1.13. The van der Waals surface area contributed by atoms with E-state index in [2.05, 4.69) is 5.32 Å². The summed E-state index contributed by atoms with van der Waals surface area (Å²) in [5, 5.41) is 11.7. The Morgan fingerprint density at radius 1 is 1.18 bits per heavy atom. The van der Waals surface area contributed by atoms with Crippen LogP contribution in [0.1, 0.15) is 34.6 Å². The van der Waals surface area contributed by atoms with Crippen molar-refractivity contribution in [1.82, 2.24) is 10.2 Å². The number of rotatable bonds is 4. The van der Waals surface area contributed by atoms with Gasteiger partial charge in [-0.15, -0.1) is 0 Å². The molecule has 0 spiro atoms. The van der Waals surface area contributed by atoms with Crippen molar-refractivity contribution in [2.75, 3.05) is 20.2 Å². The maximum atomic E-state index is 11.8. The molecule has 0 saturated heterocycles. The normalized spacial score (nSPS) is 12.2. The monoisotopic (exact) mass is 244 g/mol. The van der Waals surface area contributed by atoms with Crippen molar-refractivity contribution in [2.24, 2.45) is 5.41 Å². The van der Waals surface area contributed by atoms with Crippen LogP contribution >= 0.6 is 0 Å². The molecule has 0 bridgehead atoms. The number of carbonyl (C=O) groups is 2. The van der Waals surface area contributed by atoms with E-state index < -0.39 is 11.0 Å². The molecule has 0 aromatic rings. The highest BCUT2D eigenvalue weighted by Crippen LogP contribution is 2.13. The number of aliphatic hydroxyl groups is 1. The van der Waals surface area contributed by atoms with E-state index in [0.717, 1.165) is 0 Å². The Balaban J connectivity index is 4.35. The van der Waals surface area contributed by atoms with Crippen molar-refractivity contribution in [1.29, 1.82) is 0 Å². The van der Waals surface area contributed by atoms with Gasteiger partial charge in [0.25, 0.3) is 0 Å². The van der Waals surface area contributed by atoms with Gasteiger partial charge in [-0.05, 0) is 13.8 Å². The number of nitrogens with one attached hydrogen (secondary N) is 1. The van der Waals surface area contributed by atoms with E-state index in [1.807, 2.05) is 0 Å². The number of carbonyl (C=O) groups excluding carboxylic acids is 2. The minimum Gasteiger partial charge on any atom is -0.394 e. The van der Waals surface area contributed by atoms with E-state index in [-0.39, 0.29) is 25.0 Å². The van der Waals surface area contributed by atoms with Crippen LogP contribution in [0.25, 0.3) is 0 Å². The van der Waals surface area contributed by atoms with Crippen molar-refractivity contribution in [2.45, 2.75) is 40.2 Å². The van der Waals surface area contributed by atoms with Crippen molar-refractivity contribution in [3.63, 3.8) is 0 Å². The molecule has 0 radical (unpaired) electrons. The molecule has 0 aromatic heterocycles. The van der Waals surface area contributed by atoms with Crippen LogP contribution in [-0.4, -0.2) is 47.6 Å². The van der Waals surface area contributed by atoms with Gasteiger partial charge >= 0.3 is 0 Å². The minimum absolute atomic E-state index is 0.0456. The molecule has 0 aliphatic rings. The molecule has 0 aromatic carbocycles. The van der Waals surface area contributed by atoms with E-state index in [1.54, 1.807) is 41.7 Å². The first-order valence-corrected chi connectivity index (χ1v) is 5.68. The fourth-order valence-corrected chi connectivity index (χ4v) is 0.983. The van der Waals surface area contributed by atoms with Crippen molar-refractivity contribution < 1.29 is 14.7 Å². The molecule has 5 heteroatoms. The van der Waals surface area contributed by atoms with Crippen LogP contribution in [0.3, 0.4) is 0 Å². The Morgan fingerprint density at radius 3 is 2.00 bits per heavy atom. The molecule has 100 valence electrons. The number of aliphatic hydroxyl groups excluding tert-OH is 1. The molecular weight excluding hydrogens is 220 g/mol. The highest BCUT2D eigenvalue weighted by Gasteiger charge is 2.28. The second-order valence-corrected chi connectivity index (χ2v) is 5.86. The fraction of sp³-hybridized carbons (Fsp3) is 0.833. The average molecular weight is 244 g/mol. The molecule has 2 N–H and O–H groups in total. The molecule has 17 heavy (non-hydrogen) atoms. The van der Waals surface area contributed by atoms with E-state index in [4.69, 9.17) is 5.11 Å². The smallest absolute Gasteiger partial charge is 0.242 e. The zero-order valence-electron chi connectivity index (χ0n) is 11.6. The molecule has 0 heterocycles. The van der Waals surface area contributed by atoms with Gasteiger partial charge in [-0.1, -0.05) is 20.8 Å². The predicted molar refractivity (Wildman–Crippen MR) is 66.4 cm³/mol. The molecule has 0 fully saturated rings. The van der Waals surface area contributed by atoms with Gasteiger partial charge in [0, 0.05) is 12.5 Å². The van der Waals surface area contributed by atoms with Crippen LogP contribution in [-0.2, 0) is 9.59 Å². The third kappa shape index (κ3) is 4.73. The van der Waals surface area contributed by atoms with Crippen molar-refractivity contribution in [3.05, 3.63) is 0 Å². The predicted octanol–water partition coefficient (Wildman–Crippen LogP) is 0.378. The summed E-state index contributed by atoms with van der Waals surface area (Å²) in [7, 11) is 1.61. The third-order valence-corrected chi connectivity index (χ3v) is 2.75. The van der Waals surface area contributed by atoms with E-state index in [1.165, 1.54) is 4.90 Å². The SMILES string of the molecule is CN(C(=O)CNC(=O)C(C)(C)C)C(C)(C)CO. The lowest BCUT2D eigenvalue weighted by molar-refractivity contribution is -0.138. The summed E-state index contributed by atoms with van der Waals surface area (Å²) < 4.78 is 0. The fourth-order valence-electron chi connectivity index (χ4n) is 0.983. The number of hydrogen-bond acceptors (Lipinski definition) is 3. The second kappa shape index (κ2) is 5.49. The van der Waals surface area contributed by atoms with Gasteiger partial charge in [-0.25, -0.2) is 0 Å². The Kier molecular flexibility index (Phi) is 5.13. The highest BCUT2D eigenvalue weighted by atomic mass is 16.3. The van der Waals surface area contributed by atoms with Gasteiger partial charge in [0.05, 0.1) is 18.7 Å². The van der Waals surface area contributed by atoms with Gasteiger partial charge in [0.2, 0.25) is 11.8 Å². The lowest BCUT2D eigenvalue weighted by Gasteiger charge is -2.34. The molecule has 0 atom stereocenters. The van der Waals surface area contributed by atoms with Gasteiger partial charge in [-0.2, -0.15) is 0 Å². The van der Waals surface area contributed by atoms with Crippen LogP contribution in [0, 0.1) is 5.41 Å². The second-order valence-electron chi connectivity index (χ2n) is 5.86. The van der Waals surface area contributed by atoms with Crippen molar-refractivity contribution in [3.8, 4) is 0 Å².